The van der Waals surface area contributed by atoms with Gasteiger partial charge in [-0.2, -0.15) is 0 Å². The van der Waals surface area contributed by atoms with Crippen LogP contribution < -0.4 is 10.0 Å². The van der Waals surface area contributed by atoms with Gasteiger partial charge in [-0.15, -0.1) is 0 Å². The molecule has 9 heteroatoms. The van der Waals surface area contributed by atoms with Gasteiger partial charge in [0.1, 0.15) is 0 Å². The van der Waals surface area contributed by atoms with Gasteiger partial charge in [0.25, 0.3) is 10.0 Å². The summed E-state index contributed by atoms with van der Waals surface area (Å²) < 4.78 is 29.1. The molecule has 0 amide bonds. The van der Waals surface area contributed by atoms with E-state index in [0.717, 1.165) is 41.3 Å². The standard InChI is InChI=1S/C32H40N4O4S/c1-20(2)15-24(33-26-18-32(19-26)13-14-32)11-12-25-17-28(29-21(3)7-5-8-22(29)4)35-31(34-25)36-41(39,40)27-10-6-9-23(16-27)30(37)38/h5-10,16-17,20,24,26,33H,11-15,18-19H2,1-4H3,(H,37,38)(H,34,35,36). The molecule has 2 aliphatic carbocycles. The van der Waals surface area contributed by atoms with Crippen molar-refractivity contribution in [3.63, 3.8) is 0 Å². The van der Waals surface area contributed by atoms with Crippen LogP contribution in [0.15, 0.2) is 53.4 Å². The zero-order valence-corrected chi connectivity index (χ0v) is 25.1. The number of hydrogen-bond donors (Lipinski definition) is 3. The molecule has 2 aromatic carbocycles. The smallest absolute Gasteiger partial charge is 0.335 e. The van der Waals surface area contributed by atoms with Gasteiger partial charge in [-0.1, -0.05) is 38.1 Å². The molecule has 2 saturated carbocycles. The van der Waals surface area contributed by atoms with E-state index in [1.807, 2.05) is 38.1 Å². The van der Waals surface area contributed by atoms with Crippen LogP contribution in [0.2, 0.25) is 0 Å². The van der Waals surface area contributed by atoms with Crippen LogP contribution in [0.1, 0.15) is 79.6 Å². The third-order valence-corrected chi connectivity index (χ3v) is 9.75. The molecule has 1 aromatic heterocycles. The lowest BCUT2D eigenvalue weighted by molar-refractivity contribution is 0.0696. The Kier molecular flexibility index (Phi) is 8.21. The highest BCUT2D eigenvalue weighted by atomic mass is 32.2. The normalized spacial score (nSPS) is 16.9. The topological polar surface area (TPSA) is 121 Å². The quantitative estimate of drug-likeness (QED) is 0.237. The van der Waals surface area contributed by atoms with Gasteiger partial charge < -0.3 is 10.4 Å². The van der Waals surface area contributed by atoms with E-state index in [-0.39, 0.29) is 16.4 Å². The molecular formula is C32H40N4O4S. The second-order valence-corrected chi connectivity index (χ2v) is 14.1. The van der Waals surface area contributed by atoms with Crippen molar-refractivity contribution in [2.24, 2.45) is 11.3 Å². The number of aryl methyl sites for hydroxylation is 3. The lowest BCUT2D eigenvalue weighted by Gasteiger charge is -2.39. The van der Waals surface area contributed by atoms with Gasteiger partial charge >= 0.3 is 5.97 Å². The number of carboxylic acids is 1. The highest BCUT2D eigenvalue weighted by Crippen LogP contribution is 2.60. The summed E-state index contributed by atoms with van der Waals surface area (Å²) in [5.74, 6) is -0.665. The molecular weight excluding hydrogens is 536 g/mol. The summed E-state index contributed by atoms with van der Waals surface area (Å²) in [4.78, 5) is 20.5. The lowest BCUT2D eigenvalue weighted by Crippen LogP contribution is -2.47. The van der Waals surface area contributed by atoms with Crippen molar-refractivity contribution in [3.05, 3.63) is 70.9 Å². The predicted octanol–water partition coefficient (Wildman–Crippen LogP) is 6.14. The minimum Gasteiger partial charge on any atom is -0.478 e. The van der Waals surface area contributed by atoms with E-state index < -0.39 is 16.0 Å². The van der Waals surface area contributed by atoms with Crippen LogP contribution in [0.3, 0.4) is 0 Å². The molecule has 5 rings (SSSR count). The zero-order valence-electron chi connectivity index (χ0n) is 24.3. The molecule has 8 nitrogen and oxygen atoms in total. The Morgan fingerprint density at radius 1 is 1.05 bits per heavy atom. The van der Waals surface area contributed by atoms with Crippen molar-refractivity contribution < 1.29 is 18.3 Å². The first-order valence-corrected chi connectivity index (χ1v) is 16.0. The Balaban J connectivity index is 1.42. The molecule has 0 bridgehead atoms. The molecule has 0 aliphatic heterocycles. The van der Waals surface area contributed by atoms with Crippen LogP contribution in [0.5, 0.6) is 0 Å². The largest absolute Gasteiger partial charge is 0.478 e. The van der Waals surface area contributed by atoms with E-state index in [2.05, 4.69) is 33.9 Å². The van der Waals surface area contributed by atoms with Crippen LogP contribution >= 0.6 is 0 Å². The number of aromatic carboxylic acids is 1. The highest BCUT2D eigenvalue weighted by molar-refractivity contribution is 7.92. The Morgan fingerprint density at radius 3 is 2.37 bits per heavy atom. The molecule has 3 aromatic rings. The second kappa shape index (κ2) is 11.5. The first-order valence-electron chi connectivity index (χ1n) is 14.5. The minimum atomic E-state index is -4.12. The molecule has 3 N–H and O–H groups in total. The maximum absolute atomic E-state index is 13.3. The first kappa shape index (κ1) is 29.2. The maximum atomic E-state index is 13.3. The summed E-state index contributed by atoms with van der Waals surface area (Å²) in [6.45, 7) is 8.51. The number of hydrogen-bond acceptors (Lipinski definition) is 6. The fraction of sp³-hybridized carbons (Fsp3) is 0.469. The monoisotopic (exact) mass is 576 g/mol. The van der Waals surface area contributed by atoms with Crippen LogP contribution in [-0.4, -0.2) is 41.5 Å². The van der Waals surface area contributed by atoms with Gasteiger partial charge in [0.05, 0.1) is 16.2 Å². The summed E-state index contributed by atoms with van der Waals surface area (Å²) in [7, 11) is -4.12. The van der Waals surface area contributed by atoms with Crippen LogP contribution in [0.4, 0.5) is 5.95 Å². The minimum absolute atomic E-state index is 0.0241. The van der Waals surface area contributed by atoms with E-state index in [4.69, 9.17) is 0 Å². The Bertz CT molecular complexity index is 1520. The Hall–Kier alpha value is -3.30. The highest BCUT2D eigenvalue weighted by Gasteiger charge is 2.52. The Labute approximate surface area is 243 Å². The van der Waals surface area contributed by atoms with Crippen molar-refractivity contribution >= 4 is 21.9 Å². The average molecular weight is 577 g/mol. The zero-order chi connectivity index (χ0) is 29.4. The summed E-state index contributed by atoms with van der Waals surface area (Å²) in [5, 5.41) is 13.2. The van der Waals surface area contributed by atoms with E-state index in [0.29, 0.717) is 35.5 Å². The van der Waals surface area contributed by atoms with Crippen molar-refractivity contribution in [2.45, 2.75) is 89.6 Å². The molecule has 1 spiro atoms. The van der Waals surface area contributed by atoms with Crippen molar-refractivity contribution in [1.82, 2.24) is 15.3 Å². The number of sulfonamides is 1. The number of nitrogens with one attached hydrogen (secondary N) is 2. The van der Waals surface area contributed by atoms with Crippen LogP contribution in [0, 0.1) is 25.2 Å². The van der Waals surface area contributed by atoms with E-state index in [1.165, 1.54) is 43.9 Å². The maximum Gasteiger partial charge on any atom is 0.335 e. The van der Waals surface area contributed by atoms with Crippen molar-refractivity contribution in [1.29, 1.82) is 0 Å². The van der Waals surface area contributed by atoms with Gasteiger partial charge in [0.2, 0.25) is 5.95 Å². The van der Waals surface area contributed by atoms with E-state index in [1.54, 1.807) is 0 Å². The number of aromatic nitrogens is 2. The fourth-order valence-electron chi connectivity index (χ4n) is 6.18. The molecule has 1 atom stereocenters. The Morgan fingerprint density at radius 2 is 1.73 bits per heavy atom. The molecule has 1 heterocycles. The van der Waals surface area contributed by atoms with Gasteiger partial charge in [-0.3, -0.25) is 0 Å². The summed E-state index contributed by atoms with van der Waals surface area (Å²) in [6.07, 6.45) is 7.94. The summed E-state index contributed by atoms with van der Waals surface area (Å²) in [5.41, 5.74) is 4.98. The van der Waals surface area contributed by atoms with Gasteiger partial charge in [0.15, 0.2) is 0 Å². The number of nitrogens with zero attached hydrogens (tertiary/aromatic N) is 2. The van der Waals surface area contributed by atoms with Crippen LogP contribution in [-0.2, 0) is 16.4 Å². The SMILES string of the molecule is Cc1cccc(C)c1-c1cc(CCC(CC(C)C)NC2CC3(CC3)C2)nc(NS(=O)(=O)c2cccc(C(=O)O)c2)n1. The second-order valence-electron chi connectivity index (χ2n) is 12.4. The van der Waals surface area contributed by atoms with Crippen molar-refractivity contribution in [2.75, 3.05) is 4.72 Å². The van der Waals surface area contributed by atoms with Crippen LogP contribution in [0.25, 0.3) is 11.3 Å². The van der Waals surface area contributed by atoms with Gasteiger partial charge in [0, 0.05) is 23.3 Å². The van der Waals surface area contributed by atoms with E-state index in [9.17, 15) is 18.3 Å². The fourth-order valence-corrected chi connectivity index (χ4v) is 7.16. The van der Waals surface area contributed by atoms with Gasteiger partial charge in [-0.25, -0.2) is 27.9 Å². The lowest BCUT2D eigenvalue weighted by atomic mass is 9.76. The molecule has 218 valence electrons. The van der Waals surface area contributed by atoms with Gasteiger partial charge in [-0.05, 0) is 106 Å². The third kappa shape index (κ3) is 6.96. The summed E-state index contributed by atoms with van der Waals surface area (Å²) in [6, 6.07) is 14.2. The first-order chi connectivity index (χ1) is 19.4. The molecule has 1 unspecified atom stereocenters. The number of anilines is 1. The molecule has 41 heavy (non-hydrogen) atoms. The molecule has 0 radical (unpaired) electrons. The number of rotatable bonds is 12. The average Bonchev–Trinajstić information content (AvgIpc) is 3.67. The molecule has 2 fully saturated rings. The molecule has 0 saturated heterocycles. The summed E-state index contributed by atoms with van der Waals surface area (Å²) >= 11 is 0. The number of carboxylic acid groups (broad SMARTS) is 1. The predicted molar refractivity (Wildman–Crippen MR) is 161 cm³/mol. The molecule has 2 aliphatic rings. The van der Waals surface area contributed by atoms with Crippen molar-refractivity contribution in [3.8, 4) is 11.3 Å². The number of carbonyl (C=O) groups is 1. The third-order valence-electron chi connectivity index (χ3n) is 8.43. The van der Waals surface area contributed by atoms with E-state index >= 15 is 0 Å². The number of benzene rings is 2.